The van der Waals surface area contributed by atoms with Crippen LogP contribution in [0, 0.1) is 17.0 Å². The van der Waals surface area contributed by atoms with Crippen LogP contribution >= 0.6 is 0 Å². The Morgan fingerprint density at radius 2 is 1.80 bits per heavy atom. The number of aromatic nitrogens is 1. The summed E-state index contributed by atoms with van der Waals surface area (Å²) in [4.78, 5) is 15.1. The quantitative estimate of drug-likeness (QED) is 0.516. The standard InChI is InChI=1S/C16H12N2O2/c1-11-15-8-7-14(18(19)20)9-13(15)10-16(17-11)12-5-3-2-4-6-12/h2-10H,1H3. The number of nitro groups is 1. The van der Waals surface area contributed by atoms with E-state index >= 15 is 0 Å². The molecule has 0 aliphatic rings. The number of pyridine rings is 1. The van der Waals surface area contributed by atoms with Crippen molar-refractivity contribution in [3.63, 3.8) is 0 Å². The van der Waals surface area contributed by atoms with E-state index in [1.54, 1.807) is 12.1 Å². The maximum absolute atomic E-state index is 10.9. The predicted octanol–water partition coefficient (Wildman–Crippen LogP) is 4.12. The van der Waals surface area contributed by atoms with Crippen LogP contribution in [-0.2, 0) is 0 Å². The van der Waals surface area contributed by atoms with Crippen molar-refractivity contribution in [3.05, 3.63) is 70.4 Å². The molecule has 1 heterocycles. The van der Waals surface area contributed by atoms with Crippen LogP contribution in [0.1, 0.15) is 5.69 Å². The Morgan fingerprint density at radius 1 is 1.05 bits per heavy atom. The van der Waals surface area contributed by atoms with Crippen molar-refractivity contribution in [1.29, 1.82) is 0 Å². The van der Waals surface area contributed by atoms with E-state index in [2.05, 4.69) is 4.98 Å². The second kappa shape index (κ2) is 4.74. The first-order valence-electron chi connectivity index (χ1n) is 6.26. The van der Waals surface area contributed by atoms with Gasteiger partial charge in [-0.3, -0.25) is 15.1 Å². The highest BCUT2D eigenvalue weighted by atomic mass is 16.6. The molecule has 3 aromatic rings. The molecule has 0 fully saturated rings. The van der Waals surface area contributed by atoms with Gasteiger partial charge in [-0.05, 0) is 24.4 Å². The molecule has 0 bridgehead atoms. The van der Waals surface area contributed by atoms with Crippen molar-refractivity contribution in [2.45, 2.75) is 6.92 Å². The third kappa shape index (κ3) is 2.12. The zero-order chi connectivity index (χ0) is 14.1. The minimum absolute atomic E-state index is 0.0992. The largest absolute Gasteiger partial charge is 0.270 e. The molecule has 0 unspecified atom stereocenters. The van der Waals surface area contributed by atoms with Gasteiger partial charge in [0.25, 0.3) is 5.69 Å². The van der Waals surface area contributed by atoms with Crippen LogP contribution < -0.4 is 0 Å². The lowest BCUT2D eigenvalue weighted by atomic mass is 10.0. The molecular weight excluding hydrogens is 252 g/mol. The summed E-state index contributed by atoms with van der Waals surface area (Å²) in [5, 5.41) is 12.7. The van der Waals surface area contributed by atoms with Crippen molar-refractivity contribution in [2.24, 2.45) is 0 Å². The number of fused-ring (bicyclic) bond motifs is 1. The number of hydrogen-bond donors (Lipinski definition) is 0. The van der Waals surface area contributed by atoms with Gasteiger partial charge in [-0.2, -0.15) is 0 Å². The number of nitrogens with zero attached hydrogens (tertiary/aromatic N) is 2. The van der Waals surface area contributed by atoms with Crippen LogP contribution in [-0.4, -0.2) is 9.91 Å². The summed E-state index contributed by atoms with van der Waals surface area (Å²) in [5.41, 5.74) is 2.80. The van der Waals surface area contributed by atoms with E-state index in [9.17, 15) is 10.1 Å². The van der Waals surface area contributed by atoms with Gasteiger partial charge >= 0.3 is 0 Å². The lowest BCUT2D eigenvalue weighted by Gasteiger charge is -2.06. The van der Waals surface area contributed by atoms with Gasteiger partial charge in [0.1, 0.15) is 0 Å². The molecule has 0 spiro atoms. The first-order valence-corrected chi connectivity index (χ1v) is 6.26. The Balaban J connectivity index is 2.24. The van der Waals surface area contributed by atoms with E-state index in [4.69, 9.17) is 0 Å². The fourth-order valence-corrected chi connectivity index (χ4v) is 2.29. The Labute approximate surface area is 115 Å². The first-order chi connectivity index (χ1) is 9.65. The van der Waals surface area contributed by atoms with E-state index < -0.39 is 0 Å². The predicted molar refractivity (Wildman–Crippen MR) is 78.6 cm³/mol. The molecule has 0 aliphatic heterocycles. The number of rotatable bonds is 2. The minimum Gasteiger partial charge on any atom is -0.258 e. The summed E-state index contributed by atoms with van der Waals surface area (Å²) in [6, 6.07) is 16.6. The van der Waals surface area contributed by atoms with Crippen molar-refractivity contribution in [1.82, 2.24) is 4.98 Å². The molecule has 0 radical (unpaired) electrons. The first kappa shape index (κ1) is 12.3. The fourth-order valence-electron chi connectivity index (χ4n) is 2.29. The molecule has 0 aliphatic carbocycles. The number of aryl methyl sites for hydroxylation is 1. The molecule has 1 aromatic heterocycles. The topological polar surface area (TPSA) is 56.0 Å². The van der Waals surface area contributed by atoms with Gasteiger partial charge in [-0.25, -0.2) is 0 Å². The highest BCUT2D eigenvalue weighted by Crippen LogP contribution is 2.27. The highest BCUT2D eigenvalue weighted by Gasteiger charge is 2.10. The average molecular weight is 264 g/mol. The van der Waals surface area contributed by atoms with E-state index in [1.807, 2.05) is 43.3 Å². The molecule has 0 saturated heterocycles. The van der Waals surface area contributed by atoms with Crippen LogP contribution in [0.4, 0.5) is 5.69 Å². The molecule has 3 rings (SSSR count). The molecule has 0 amide bonds. The molecule has 4 nitrogen and oxygen atoms in total. The van der Waals surface area contributed by atoms with Crippen LogP contribution in [0.25, 0.3) is 22.0 Å². The lowest BCUT2D eigenvalue weighted by Crippen LogP contribution is -1.92. The molecule has 0 N–H and O–H groups in total. The van der Waals surface area contributed by atoms with Crippen molar-refractivity contribution < 1.29 is 4.92 Å². The lowest BCUT2D eigenvalue weighted by molar-refractivity contribution is -0.384. The van der Waals surface area contributed by atoms with Crippen molar-refractivity contribution >= 4 is 16.5 Å². The maximum Gasteiger partial charge on any atom is 0.270 e. The van der Waals surface area contributed by atoms with E-state index in [-0.39, 0.29) is 10.6 Å². The Kier molecular flexibility index (Phi) is 2.91. The van der Waals surface area contributed by atoms with Crippen LogP contribution in [0.2, 0.25) is 0 Å². The van der Waals surface area contributed by atoms with Crippen molar-refractivity contribution in [2.75, 3.05) is 0 Å². The molecule has 0 atom stereocenters. The fraction of sp³-hybridized carbons (Fsp3) is 0.0625. The zero-order valence-electron chi connectivity index (χ0n) is 10.9. The van der Waals surface area contributed by atoms with Gasteiger partial charge in [0.05, 0.1) is 10.6 Å². The average Bonchev–Trinajstić information content (AvgIpc) is 2.47. The Hall–Kier alpha value is -2.75. The van der Waals surface area contributed by atoms with Crippen LogP contribution in [0.3, 0.4) is 0 Å². The zero-order valence-corrected chi connectivity index (χ0v) is 10.9. The molecule has 98 valence electrons. The SMILES string of the molecule is Cc1nc(-c2ccccc2)cc2cc([N+](=O)[O-])ccc12. The van der Waals surface area contributed by atoms with Gasteiger partial charge in [0, 0.05) is 28.8 Å². The van der Waals surface area contributed by atoms with Gasteiger partial charge < -0.3 is 0 Å². The Morgan fingerprint density at radius 3 is 2.50 bits per heavy atom. The molecule has 0 saturated carbocycles. The molecule has 4 heteroatoms. The van der Waals surface area contributed by atoms with E-state index in [0.717, 1.165) is 27.7 Å². The number of non-ortho nitro benzene ring substituents is 1. The van der Waals surface area contributed by atoms with Gasteiger partial charge in [-0.1, -0.05) is 30.3 Å². The van der Waals surface area contributed by atoms with E-state index in [0.29, 0.717) is 0 Å². The third-order valence-corrected chi connectivity index (χ3v) is 3.29. The van der Waals surface area contributed by atoms with Gasteiger partial charge in [0.2, 0.25) is 0 Å². The second-order valence-electron chi connectivity index (χ2n) is 4.62. The maximum atomic E-state index is 10.9. The summed E-state index contributed by atoms with van der Waals surface area (Å²) in [5.74, 6) is 0. The van der Waals surface area contributed by atoms with Gasteiger partial charge in [0.15, 0.2) is 0 Å². The molecular formula is C16H12N2O2. The van der Waals surface area contributed by atoms with Crippen LogP contribution in [0.15, 0.2) is 54.6 Å². The highest BCUT2D eigenvalue weighted by molar-refractivity contribution is 5.89. The summed E-state index contributed by atoms with van der Waals surface area (Å²) < 4.78 is 0. The second-order valence-corrected chi connectivity index (χ2v) is 4.62. The summed E-state index contributed by atoms with van der Waals surface area (Å²) in [7, 11) is 0. The number of benzene rings is 2. The van der Waals surface area contributed by atoms with Gasteiger partial charge in [-0.15, -0.1) is 0 Å². The smallest absolute Gasteiger partial charge is 0.258 e. The van der Waals surface area contributed by atoms with Crippen molar-refractivity contribution in [3.8, 4) is 11.3 Å². The van der Waals surface area contributed by atoms with E-state index in [1.165, 1.54) is 6.07 Å². The number of nitro benzene ring substituents is 1. The summed E-state index contributed by atoms with van der Waals surface area (Å²) >= 11 is 0. The monoisotopic (exact) mass is 264 g/mol. The Bertz CT molecular complexity index is 798. The third-order valence-electron chi connectivity index (χ3n) is 3.29. The van der Waals surface area contributed by atoms with Crippen LogP contribution in [0.5, 0.6) is 0 Å². The normalized spacial score (nSPS) is 10.7. The number of hydrogen-bond acceptors (Lipinski definition) is 3. The molecule has 2 aromatic carbocycles. The minimum atomic E-state index is -0.378. The summed E-state index contributed by atoms with van der Waals surface area (Å²) in [6.45, 7) is 1.92. The summed E-state index contributed by atoms with van der Waals surface area (Å²) in [6.07, 6.45) is 0. The molecule has 20 heavy (non-hydrogen) atoms.